The zero-order chi connectivity index (χ0) is 69.5. The number of pyridine rings is 5. The van der Waals surface area contributed by atoms with Crippen LogP contribution in [-0.2, 0) is 74.9 Å². The van der Waals surface area contributed by atoms with E-state index in [1.807, 2.05) is 69.8 Å². The summed E-state index contributed by atoms with van der Waals surface area (Å²) in [7, 11) is 8.75. The van der Waals surface area contributed by atoms with Gasteiger partial charge in [-0.3, -0.25) is 33.6 Å². The van der Waals surface area contributed by atoms with Gasteiger partial charge < -0.3 is 18.3 Å². The minimum Gasteiger partial charge on any atom is -0.319 e. The van der Waals surface area contributed by atoms with Gasteiger partial charge in [0.2, 0.25) is 5.56 Å². The normalized spacial score (nSPS) is 11.8. The van der Waals surface area contributed by atoms with Crippen LogP contribution < -0.4 is 38.9 Å². The molecule has 7 rings (SSSR count). The van der Waals surface area contributed by atoms with Crippen molar-refractivity contribution in [3.8, 4) is 0 Å². The van der Waals surface area contributed by atoms with E-state index >= 15 is 0 Å². The van der Waals surface area contributed by atoms with Crippen molar-refractivity contribution >= 4 is 0 Å². The summed E-state index contributed by atoms with van der Waals surface area (Å²) >= 11 is 0. The van der Waals surface area contributed by atoms with Crippen LogP contribution in [0.3, 0.4) is 0 Å². The summed E-state index contributed by atoms with van der Waals surface area (Å²) in [6, 6.07) is 20.7. The van der Waals surface area contributed by atoms with Gasteiger partial charge >= 0.3 is 12.6 Å². The maximum absolute atomic E-state index is 12.4. The van der Waals surface area contributed by atoms with E-state index in [1.54, 1.807) is 118 Å². The van der Waals surface area contributed by atoms with Gasteiger partial charge in [-0.2, -0.15) is 10.2 Å². The molecule has 0 aliphatic carbocycles. The lowest BCUT2D eigenvalue weighted by Crippen LogP contribution is -2.33. The van der Waals surface area contributed by atoms with Gasteiger partial charge in [-0.1, -0.05) is 144 Å². The molecule has 0 saturated carbocycles. The van der Waals surface area contributed by atoms with Crippen LogP contribution in [-0.4, -0.2) is 42.4 Å². The van der Waals surface area contributed by atoms with E-state index in [0.717, 1.165) is 40.7 Å². The molecule has 0 amide bonds. The molecule has 0 atom stereocenters. The average molecular weight is 1250 g/mol. The highest BCUT2D eigenvalue weighted by molar-refractivity contribution is 5.25. The van der Waals surface area contributed by atoms with E-state index in [9.17, 15) is 59.9 Å². The number of aryl methyl sites for hydroxylation is 6. The van der Waals surface area contributed by atoms with Crippen LogP contribution in [0.2, 0.25) is 0 Å². The fourth-order valence-electron chi connectivity index (χ4n) is 7.23. The largest absolute Gasteiger partial charge is 0.507 e. The molecule has 0 aliphatic heterocycles. The van der Waals surface area contributed by atoms with Crippen molar-refractivity contribution in [2.45, 2.75) is 190 Å². The number of halogens is 6. The van der Waals surface area contributed by atoms with Crippen LogP contribution in [0.1, 0.15) is 188 Å². The molecule has 0 fully saturated rings. The quantitative estimate of drug-likeness (QED) is 0.152. The Labute approximate surface area is 519 Å². The Hall–Kier alpha value is -7.91. The molecule has 89 heavy (non-hydrogen) atoms. The Kier molecular flexibility index (Phi) is 28.0. The smallest absolute Gasteiger partial charge is 0.319 e. The zero-order valence-corrected chi connectivity index (χ0v) is 56.7. The van der Waals surface area contributed by atoms with Crippen molar-refractivity contribution in [2.24, 2.45) is 35.2 Å². The van der Waals surface area contributed by atoms with Crippen molar-refractivity contribution in [3.05, 3.63) is 227 Å². The third-order valence-electron chi connectivity index (χ3n) is 13.4. The molecular weight excluding hydrogens is 1160 g/mol. The van der Waals surface area contributed by atoms with Crippen LogP contribution in [0.5, 0.6) is 0 Å². The standard InChI is InChI=1S/C11H17NO.C10H12F3NO.3C10H15NO.C8H9F3N2O.C8H12N2O/c1-8-6-9(11(2,3)4)7-12(5)10(8)13;1-9(2,3)7-4-5-8(15)14(6-7)10(11,12)13;2*1-10(2,3)8-5-6-11(4)9(12)7-8;1-10(2,3)8-5-6-9(12)11(4)7-8;1-5(2)6-3-4-7(14)13(12-6)8(9,10)11;1-6(2)7-4-5-8(11)10(3)9-7/h6-7H,1-5H3;4-6H,1-3H3;3*5-7H,1-4H3;3-5H,1-2H3;4-6H,1-3H3. The highest BCUT2D eigenvalue weighted by Crippen LogP contribution is 2.27. The molecular formula is C67H95F6N9O7. The summed E-state index contributed by atoms with van der Waals surface area (Å²) in [6.45, 7) is 40.1. The number of rotatable bonds is 2. The first-order valence-corrected chi connectivity index (χ1v) is 28.8. The molecule has 0 N–H and O–H groups in total. The Bertz CT molecular complexity index is 3780. The van der Waals surface area contributed by atoms with Crippen molar-refractivity contribution in [1.82, 2.24) is 42.4 Å². The Morgan fingerprint density at radius 3 is 1.06 bits per heavy atom. The lowest BCUT2D eigenvalue weighted by molar-refractivity contribution is -0.215. The molecule has 0 radical (unpaired) electrons. The maximum atomic E-state index is 12.4. The molecule has 0 saturated heterocycles. The highest BCUT2D eigenvalue weighted by atomic mass is 19.4. The van der Waals surface area contributed by atoms with Gasteiger partial charge in [0.15, 0.2) is 0 Å². The van der Waals surface area contributed by atoms with Crippen LogP contribution in [0.25, 0.3) is 0 Å². The van der Waals surface area contributed by atoms with E-state index in [1.165, 1.54) is 27.9 Å². The van der Waals surface area contributed by atoms with E-state index < -0.39 is 33.8 Å². The topological polar surface area (TPSA) is 180 Å². The molecule has 0 aromatic carbocycles. The van der Waals surface area contributed by atoms with E-state index in [-0.39, 0.29) is 65.6 Å². The first kappa shape index (κ1) is 79.1. The monoisotopic (exact) mass is 1250 g/mol. The number of hydrogen-bond donors (Lipinski definition) is 0. The van der Waals surface area contributed by atoms with Gasteiger partial charge in [-0.05, 0) is 104 Å². The third-order valence-corrected chi connectivity index (χ3v) is 13.4. The second-order valence-corrected chi connectivity index (χ2v) is 27.3. The number of hydrogen-bond acceptors (Lipinski definition) is 9. The third kappa shape index (κ3) is 26.4. The lowest BCUT2D eigenvalue weighted by atomic mass is 9.87. The molecule has 16 nitrogen and oxygen atoms in total. The van der Waals surface area contributed by atoms with Crippen LogP contribution >= 0.6 is 0 Å². The van der Waals surface area contributed by atoms with Crippen LogP contribution in [0.4, 0.5) is 26.3 Å². The van der Waals surface area contributed by atoms with Gasteiger partial charge in [0.25, 0.3) is 33.4 Å². The first-order valence-electron chi connectivity index (χ1n) is 28.8. The average Bonchev–Trinajstić information content (AvgIpc) is 1.64. The molecule has 0 bridgehead atoms. The van der Waals surface area contributed by atoms with Crippen molar-refractivity contribution < 1.29 is 26.3 Å². The van der Waals surface area contributed by atoms with Crippen molar-refractivity contribution in [2.75, 3.05) is 0 Å². The predicted molar refractivity (Wildman–Crippen MR) is 344 cm³/mol. The van der Waals surface area contributed by atoms with Crippen LogP contribution in [0, 0.1) is 6.92 Å². The molecule has 7 aromatic heterocycles. The summed E-state index contributed by atoms with van der Waals surface area (Å²) in [5, 5.41) is 7.30. The Morgan fingerprint density at radius 1 is 0.360 bits per heavy atom. The van der Waals surface area contributed by atoms with Crippen molar-refractivity contribution in [3.63, 3.8) is 0 Å². The van der Waals surface area contributed by atoms with Crippen molar-refractivity contribution in [1.29, 1.82) is 0 Å². The number of nitrogens with zero attached hydrogens (tertiary/aromatic N) is 9. The minimum atomic E-state index is -4.75. The summed E-state index contributed by atoms with van der Waals surface area (Å²) in [5.74, 6) is 0.228. The van der Waals surface area contributed by atoms with Gasteiger partial charge in [0.05, 0.1) is 11.4 Å². The Balaban J connectivity index is 0.000000520. The summed E-state index contributed by atoms with van der Waals surface area (Å²) in [4.78, 5) is 77.7. The number of aromatic nitrogens is 9. The molecule has 0 aliphatic rings. The highest BCUT2D eigenvalue weighted by Gasteiger charge is 2.34. The van der Waals surface area contributed by atoms with E-state index in [0.29, 0.717) is 11.5 Å². The summed E-state index contributed by atoms with van der Waals surface area (Å²) < 4.78 is 80.8. The second kappa shape index (κ2) is 31.5. The molecule has 492 valence electrons. The molecule has 0 unspecified atom stereocenters. The number of alkyl halides is 6. The van der Waals surface area contributed by atoms with Gasteiger partial charge in [0.1, 0.15) is 0 Å². The fraction of sp³-hybridized carbons (Fsp3) is 0.507. The molecule has 0 spiro atoms. The lowest BCUT2D eigenvalue weighted by Gasteiger charge is -2.20. The SMILES string of the molecule is CC(C)(C)c1ccc(=O)n(C(F)(F)F)c1.CC(C)c1ccc(=O)n(C(F)(F)F)n1.CC(C)c1ccc(=O)n(C)n1.Cc1cc(C(C)(C)C)cn(C)c1=O.Cn1cc(C(C)(C)C)ccc1=O.Cn1ccc(C(C)(C)C)cc1=O.Cn1ccc(C(C)(C)C)cc1=O. The molecule has 22 heteroatoms. The Morgan fingerprint density at radius 2 is 0.719 bits per heavy atom. The van der Waals surface area contributed by atoms with Crippen LogP contribution in [0.15, 0.2) is 143 Å². The van der Waals surface area contributed by atoms with E-state index in [4.69, 9.17) is 0 Å². The summed E-state index contributed by atoms with van der Waals surface area (Å²) in [5.41, 5.74) is 4.94. The van der Waals surface area contributed by atoms with Gasteiger partial charge in [0, 0.05) is 108 Å². The van der Waals surface area contributed by atoms with Gasteiger partial charge in [-0.25, -0.2) is 9.25 Å². The predicted octanol–water partition coefficient (Wildman–Crippen LogP) is 12.4. The zero-order valence-electron chi connectivity index (χ0n) is 56.7. The first-order chi connectivity index (χ1) is 40.1. The fourth-order valence-corrected chi connectivity index (χ4v) is 7.23. The summed E-state index contributed by atoms with van der Waals surface area (Å²) in [6.07, 6.45) is -1.13. The molecule has 7 heterocycles. The minimum absolute atomic E-state index is 0.0444. The van der Waals surface area contributed by atoms with Gasteiger partial charge in [-0.15, -0.1) is 31.0 Å². The van der Waals surface area contributed by atoms with E-state index in [2.05, 4.69) is 93.3 Å². The maximum Gasteiger partial charge on any atom is 0.507 e. The molecule has 7 aromatic rings. The second-order valence-electron chi connectivity index (χ2n) is 27.3.